The predicted molar refractivity (Wildman–Crippen MR) is 82.0 cm³/mol. The fraction of sp³-hybridized carbons (Fsp3) is 0.250. The summed E-state index contributed by atoms with van der Waals surface area (Å²) in [7, 11) is 1.56. The Morgan fingerprint density at radius 2 is 1.95 bits per heavy atom. The summed E-state index contributed by atoms with van der Waals surface area (Å²) in [5, 5.41) is 5.42. The highest BCUT2D eigenvalue weighted by molar-refractivity contribution is 6.08. The number of para-hydroxylation sites is 1. The first-order chi connectivity index (χ1) is 10.6. The third kappa shape index (κ3) is 3.73. The molecule has 2 amide bonds. The fourth-order valence-electron chi connectivity index (χ4n) is 1.94. The number of furan rings is 1. The van der Waals surface area contributed by atoms with Crippen LogP contribution in [0.25, 0.3) is 0 Å². The maximum Gasteiger partial charge on any atom is 0.291 e. The molecule has 2 aromatic rings. The van der Waals surface area contributed by atoms with Gasteiger partial charge in [0.2, 0.25) is 0 Å². The molecule has 0 aliphatic carbocycles. The number of ether oxygens (including phenoxy) is 1. The number of aryl methyl sites for hydroxylation is 1. The van der Waals surface area contributed by atoms with E-state index >= 15 is 0 Å². The number of amides is 2. The van der Waals surface area contributed by atoms with Crippen molar-refractivity contribution in [2.75, 3.05) is 25.6 Å². The first-order valence-electron chi connectivity index (χ1n) is 6.85. The summed E-state index contributed by atoms with van der Waals surface area (Å²) in [5.41, 5.74) is 1.55. The zero-order chi connectivity index (χ0) is 15.9. The highest BCUT2D eigenvalue weighted by Gasteiger charge is 2.16. The molecule has 0 fully saturated rings. The van der Waals surface area contributed by atoms with Crippen LogP contribution in [0.5, 0.6) is 0 Å². The molecule has 0 aliphatic heterocycles. The van der Waals surface area contributed by atoms with E-state index in [0.29, 0.717) is 24.4 Å². The summed E-state index contributed by atoms with van der Waals surface area (Å²) in [6.07, 6.45) is 1.45. The zero-order valence-corrected chi connectivity index (χ0v) is 12.5. The van der Waals surface area contributed by atoms with E-state index in [1.54, 1.807) is 44.4 Å². The van der Waals surface area contributed by atoms with E-state index in [9.17, 15) is 9.59 Å². The molecule has 0 saturated heterocycles. The van der Waals surface area contributed by atoms with Gasteiger partial charge in [0.15, 0.2) is 5.76 Å². The maximum atomic E-state index is 12.2. The van der Waals surface area contributed by atoms with Crippen molar-refractivity contribution in [2.45, 2.75) is 6.92 Å². The van der Waals surface area contributed by atoms with Gasteiger partial charge in [-0.05, 0) is 25.1 Å². The van der Waals surface area contributed by atoms with Gasteiger partial charge in [-0.2, -0.15) is 0 Å². The van der Waals surface area contributed by atoms with Crippen LogP contribution in [0.4, 0.5) is 5.69 Å². The first kappa shape index (κ1) is 15.8. The molecule has 0 aliphatic rings. The van der Waals surface area contributed by atoms with Crippen molar-refractivity contribution in [2.24, 2.45) is 0 Å². The van der Waals surface area contributed by atoms with Gasteiger partial charge in [0.1, 0.15) is 0 Å². The van der Waals surface area contributed by atoms with Gasteiger partial charge in [-0.3, -0.25) is 9.59 Å². The predicted octanol–water partition coefficient (Wildman–Crippen LogP) is 2.22. The molecule has 1 aromatic heterocycles. The largest absolute Gasteiger partial charge is 0.459 e. The van der Waals surface area contributed by atoms with Crippen LogP contribution in [-0.4, -0.2) is 32.1 Å². The molecule has 1 heterocycles. The third-order valence-corrected chi connectivity index (χ3v) is 3.08. The average molecular weight is 302 g/mol. The van der Waals surface area contributed by atoms with E-state index in [4.69, 9.17) is 9.15 Å². The lowest BCUT2D eigenvalue weighted by Crippen LogP contribution is -2.28. The Bertz CT molecular complexity index is 664. The monoisotopic (exact) mass is 302 g/mol. The zero-order valence-electron chi connectivity index (χ0n) is 12.5. The van der Waals surface area contributed by atoms with Gasteiger partial charge in [0, 0.05) is 19.2 Å². The van der Waals surface area contributed by atoms with Crippen molar-refractivity contribution in [1.29, 1.82) is 0 Å². The summed E-state index contributed by atoms with van der Waals surface area (Å²) in [5.74, 6) is -0.432. The molecule has 0 unspecified atom stereocenters. The Hall–Kier alpha value is -2.60. The molecule has 6 heteroatoms. The second kappa shape index (κ2) is 7.42. The van der Waals surface area contributed by atoms with Crippen molar-refractivity contribution >= 4 is 17.5 Å². The van der Waals surface area contributed by atoms with Crippen molar-refractivity contribution in [3.8, 4) is 0 Å². The summed E-state index contributed by atoms with van der Waals surface area (Å²) < 4.78 is 10.0. The van der Waals surface area contributed by atoms with Gasteiger partial charge in [0.05, 0.1) is 24.1 Å². The number of carbonyl (C=O) groups is 2. The SMILES string of the molecule is COCCNC(=O)c1ccccc1NC(=O)c1occc1C. The van der Waals surface area contributed by atoms with E-state index in [1.165, 1.54) is 6.26 Å². The van der Waals surface area contributed by atoms with Crippen LogP contribution in [0, 0.1) is 6.92 Å². The summed E-state index contributed by atoms with van der Waals surface area (Å²) in [6, 6.07) is 8.50. The fourth-order valence-corrected chi connectivity index (χ4v) is 1.94. The van der Waals surface area contributed by atoms with Crippen molar-refractivity contribution in [1.82, 2.24) is 5.32 Å². The molecule has 0 atom stereocenters. The highest BCUT2D eigenvalue weighted by atomic mass is 16.5. The molecular weight excluding hydrogens is 284 g/mol. The molecule has 116 valence electrons. The minimum atomic E-state index is -0.389. The Morgan fingerprint density at radius 1 is 1.18 bits per heavy atom. The van der Waals surface area contributed by atoms with Gasteiger partial charge in [0.25, 0.3) is 11.8 Å². The quantitative estimate of drug-likeness (QED) is 0.802. The van der Waals surface area contributed by atoms with Crippen LogP contribution in [0.2, 0.25) is 0 Å². The van der Waals surface area contributed by atoms with Crippen LogP contribution in [0.15, 0.2) is 41.0 Å². The van der Waals surface area contributed by atoms with E-state index in [0.717, 1.165) is 5.56 Å². The first-order valence-corrected chi connectivity index (χ1v) is 6.85. The van der Waals surface area contributed by atoms with Crippen LogP contribution in [-0.2, 0) is 4.74 Å². The number of benzene rings is 1. The van der Waals surface area contributed by atoms with Gasteiger partial charge in [-0.25, -0.2) is 0 Å². The molecule has 0 bridgehead atoms. The summed E-state index contributed by atoms with van der Waals surface area (Å²) >= 11 is 0. The number of nitrogens with one attached hydrogen (secondary N) is 2. The molecular formula is C16H18N2O4. The van der Waals surface area contributed by atoms with Crippen LogP contribution < -0.4 is 10.6 Å². The van der Waals surface area contributed by atoms with Crippen LogP contribution >= 0.6 is 0 Å². The summed E-state index contributed by atoms with van der Waals surface area (Å²) in [6.45, 7) is 2.60. The lowest BCUT2D eigenvalue weighted by molar-refractivity contribution is 0.0938. The van der Waals surface area contributed by atoms with E-state index in [1.807, 2.05) is 0 Å². The van der Waals surface area contributed by atoms with Crippen molar-refractivity contribution in [3.05, 3.63) is 53.5 Å². The van der Waals surface area contributed by atoms with Gasteiger partial charge in [-0.1, -0.05) is 12.1 Å². The number of hydrogen-bond acceptors (Lipinski definition) is 4. The van der Waals surface area contributed by atoms with Gasteiger partial charge in [-0.15, -0.1) is 0 Å². The van der Waals surface area contributed by atoms with E-state index in [2.05, 4.69) is 10.6 Å². The maximum absolute atomic E-state index is 12.2. The lowest BCUT2D eigenvalue weighted by atomic mass is 10.1. The minimum Gasteiger partial charge on any atom is -0.459 e. The molecule has 22 heavy (non-hydrogen) atoms. The van der Waals surface area contributed by atoms with E-state index in [-0.39, 0.29) is 17.6 Å². The second-order valence-corrected chi connectivity index (χ2v) is 4.68. The van der Waals surface area contributed by atoms with Crippen LogP contribution in [0.3, 0.4) is 0 Å². The topological polar surface area (TPSA) is 80.6 Å². The third-order valence-electron chi connectivity index (χ3n) is 3.08. The standard InChI is InChI=1S/C16H18N2O4/c1-11-7-9-22-14(11)16(20)18-13-6-4-3-5-12(13)15(19)17-8-10-21-2/h3-7,9H,8,10H2,1-2H3,(H,17,19)(H,18,20). The Kier molecular flexibility index (Phi) is 5.32. The summed E-state index contributed by atoms with van der Waals surface area (Å²) in [4.78, 5) is 24.3. The van der Waals surface area contributed by atoms with Gasteiger partial charge < -0.3 is 19.8 Å². The highest BCUT2D eigenvalue weighted by Crippen LogP contribution is 2.17. The lowest BCUT2D eigenvalue weighted by Gasteiger charge is -2.10. The minimum absolute atomic E-state index is 0.231. The number of carbonyl (C=O) groups excluding carboxylic acids is 2. The molecule has 0 radical (unpaired) electrons. The smallest absolute Gasteiger partial charge is 0.291 e. The van der Waals surface area contributed by atoms with Crippen molar-refractivity contribution in [3.63, 3.8) is 0 Å². The average Bonchev–Trinajstić information content (AvgIpc) is 2.94. The number of anilines is 1. The number of methoxy groups -OCH3 is 1. The molecule has 0 saturated carbocycles. The Labute approximate surface area is 128 Å². The number of rotatable bonds is 6. The van der Waals surface area contributed by atoms with Gasteiger partial charge >= 0.3 is 0 Å². The molecule has 1 aromatic carbocycles. The normalized spacial score (nSPS) is 10.3. The number of hydrogen-bond donors (Lipinski definition) is 2. The molecule has 6 nitrogen and oxygen atoms in total. The van der Waals surface area contributed by atoms with E-state index < -0.39 is 0 Å². The second-order valence-electron chi connectivity index (χ2n) is 4.68. The molecule has 0 spiro atoms. The molecule has 2 rings (SSSR count). The van der Waals surface area contributed by atoms with Crippen molar-refractivity contribution < 1.29 is 18.7 Å². The molecule has 2 N–H and O–H groups in total. The Morgan fingerprint density at radius 3 is 2.64 bits per heavy atom. The Balaban J connectivity index is 2.13. The van der Waals surface area contributed by atoms with Crippen LogP contribution in [0.1, 0.15) is 26.5 Å².